The minimum atomic E-state index is -0.377. The molecule has 2 saturated heterocycles. The maximum absolute atomic E-state index is 13.0. The van der Waals surface area contributed by atoms with E-state index in [2.05, 4.69) is 29.9 Å². The molecule has 2 aliphatic rings. The second-order valence-corrected chi connectivity index (χ2v) is 13.7. The lowest BCUT2D eigenvalue weighted by molar-refractivity contribution is 0.0957. The van der Waals surface area contributed by atoms with E-state index in [0.29, 0.717) is 71.9 Å². The summed E-state index contributed by atoms with van der Waals surface area (Å²) in [4.78, 5) is 30.7. The molecular formula is C43H63FN2O6. The van der Waals surface area contributed by atoms with Gasteiger partial charge < -0.3 is 18.9 Å². The monoisotopic (exact) mass is 721 g/mol. The molecular weight excluding hydrogens is 658 g/mol. The number of methoxy groups -OCH3 is 4. The Morgan fingerprint density at radius 1 is 0.731 bits per heavy atom. The zero-order chi connectivity index (χ0) is 37.9. The Labute approximate surface area is 312 Å². The van der Waals surface area contributed by atoms with E-state index in [9.17, 15) is 14.0 Å². The Bertz CT molecular complexity index is 1340. The largest absolute Gasteiger partial charge is 0.493 e. The molecule has 52 heavy (non-hydrogen) atoms. The second kappa shape index (κ2) is 23.1. The predicted octanol–water partition coefficient (Wildman–Crippen LogP) is 8.88. The molecule has 4 rings (SSSR count). The molecule has 2 unspecified atom stereocenters. The summed E-state index contributed by atoms with van der Waals surface area (Å²) in [5, 5.41) is 0. The Hall–Kier alpha value is -3.69. The highest BCUT2D eigenvalue weighted by Crippen LogP contribution is 2.36. The topological polar surface area (TPSA) is 77.5 Å². The fraction of sp³-hybridized carbons (Fsp3) is 0.581. The molecule has 0 spiro atoms. The van der Waals surface area contributed by atoms with Crippen LogP contribution in [0.5, 0.6) is 23.0 Å². The van der Waals surface area contributed by atoms with Gasteiger partial charge in [0, 0.05) is 38.0 Å². The number of Topliss-reactive ketones (excluding diaryl/α,β-unsaturated/α-hetero) is 2. The lowest BCUT2D eigenvalue weighted by Crippen LogP contribution is -2.29. The molecule has 0 N–H and O–H groups in total. The van der Waals surface area contributed by atoms with E-state index in [0.717, 1.165) is 82.3 Å². The molecule has 0 aliphatic carbocycles. The molecule has 288 valence electrons. The quantitative estimate of drug-likeness (QED) is 0.0882. The van der Waals surface area contributed by atoms with Crippen molar-refractivity contribution in [2.75, 3.05) is 61.3 Å². The van der Waals surface area contributed by atoms with E-state index >= 15 is 0 Å². The van der Waals surface area contributed by atoms with Crippen LogP contribution in [-0.2, 0) is 12.8 Å². The molecule has 0 amide bonds. The molecule has 2 fully saturated rings. The zero-order valence-corrected chi connectivity index (χ0v) is 32.5. The van der Waals surface area contributed by atoms with Crippen molar-refractivity contribution in [3.8, 4) is 23.0 Å². The standard InChI is InChI=1S/C22H33NO3.C21H30FNO3/c1-5-7-9-17-15-19(22(26-4)21(16-17)25-3)20(24)12-11-18-10-8-14-23(18)13-6-2;1-4-12-23-13-6-8-17(23)9-10-19(24)18-14-16(7-5-11-22)15-20(25-2)21(18)26-3/h6,15-16,18H,2,5,7-14H2,1,3-4H3;4,14-15,17H,1,5-13H2,2-3H3/i;22-1. The fourth-order valence-electron chi connectivity index (χ4n) is 7.52. The van der Waals surface area contributed by atoms with Crippen LogP contribution in [0.4, 0.5) is 4.39 Å². The minimum Gasteiger partial charge on any atom is -0.493 e. The Balaban J connectivity index is 0.000000280. The van der Waals surface area contributed by atoms with Crippen LogP contribution in [0, 0.1) is 0 Å². The average Bonchev–Trinajstić information content (AvgIpc) is 3.82. The predicted molar refractivity (Wildman–Crippen MR) is 209 cm³/mol. The van der Waals surface area contributed by atoms with Crippen molar-refractivity contribution >= 4 is 11.6 Å². The van der Waals surface area contributed by atoms with E-state index in [1.165, 1.54) is 12.8 Å². The smallest absolute Gasteiger partial charge is 0.171 e. The first-order chi connectivity index (χ1) is 25.3. The SMILES string of the molecule is C=CCN1CCCC1CCC(=O)c1cc(CCCC)cc(OC)c1OC.C=CCN1CCCC1CCC(=O)c1cc(CCC[18F])cc(OC)c1OC. The first-order valence-electron chi connectivity index (χ1n) is 19.1. The van der Waals surface area contributed by atoms with E-state index in [4.69, 9.17) is 18.9 Å². The molecule has 2 aromatic rings. The van der Waals surface area contributed by atoms with Gasteiger partial charge in [0.25, 0.3) is 0 Å². The number of alkyl halides is 1. The van der Waals surface area contributed by atoms with Gasteiger partial charge in [0.1, 0.15) is 0 Å². The highest BCUT2D eigenvalue weighted by molar-refractivity contribution is 6.00. The van der Waals surface area contributed by atoms with E-state index in [1.807, 2.05) is 36.4 Å². The number of aryl methyl sites for hydroxylation is 2. The maximum Gasteiger partial charge on any atom is 0.171 e. The number of carbonyl (C=O) groups excluding carboxylic acids is 2. The van der Waals surface area contributed by atoms with Crippen LogP contribution in [0.25, 0.3) is 0 Å². The van der Waals surface area contributed by atoms with Crippen molar-refractivity contribution < 1.29 is 32.9 Å². The second-order valence-electron chi connectivity index (χ2n) is 13.7. The van der Waals surface area contributed by atoms with Gasteiger partial charge in [0.05, 0.1) is 46.2 Å². The summed E-state index contributed by atoms with van der Waals surface area (Å²) >= 11 is 0. The van der Waals surface area contributed by atoms with E-state index in [-0.39, 0.29) is 18.2 Å². The number of ketones is 2. The van der Waals surface area contributed by atoms with Crippen molar-refractivity contribution in [1.29, 1.82) is 0 Å². The van der Waals surface area contributed by atoms with Gasteiger partial charge >= 0.3 is 0 Å². The van der Waals surface area contributed by atoms with Crippen LogP contribution < -0.4 is 18.9 Å². The highest BCUT2D eigenvalue weighted by atomic mass is 18.2. The molecule has 2 atom stereocenters. The van der Waals surface area contributed by atoms with Gasteiger partial charge in [0.2, 0.25) is 0 Å². The number of hydrogen-bond donors (Lipinski definition) is 0. The maximum atomic E-state index is 13.0. The van der Waals surface area contributed by atoms with Gasteiger partial charge in [-0.05, 0) is 113 Å². The van der Waals surface area contributed by atoms with Crippen molar-refractivity contribution in [3.63, 3.8) is 0 Å². The molecule has 8 nitrogen and oxygen atoms in total. The summed E-state index contributed by atoms with van der Waals surface area (Å²) in [6, 6.07) is 8.56. The Kier molecular flexibility index (Phi) is 19.0. The van der Waals surface area contributed by atoms with Crippen molar-refractivity contribution in [1.82, 2.24) is 9.80 Å². The van der Waals surface area contributed by atoms with Crippen LogP contribution in [0.1, 0.15) is 109 Å². The van der Waals surface area contributed by atoms with E-state index in [1.54, 1.807) is 28.4 Å². The number of ether oxygens (including phenoxy) is 4. The van der Waals surface area contributed by atoms with Crippen molar-refractivity contribution in [3.05, 3.63) is 71.8 Å². The number of carbonyl (C=O) groups is 2. The van der Waals surface area contributed by atoms with Gasteiger partial charge in [-0.2, -0.15) is 0 Å². The van der Waals surface area contributed by atoms with Crippen molar-refractivity contribution in [2.24, 2.45) is 0 Å². The first kappa shape index (κ1) is 42.7. The molecule has 0 bridgehead atoms. The number of benzene rings is 2. The zero-order valence-electron chi connectivity index (χ0n) is 32.5. The summed E-state index contributed by atoms with van der Waals surface area (Å²) in [6.45, 7) is 13.4. The van der Waals surface area contributed by atoms with Crippen LogP contribution in [0.2, 0.25) is 0 Å². The van der Waals surface area contributed by atoms with Gasteiger partial charge in [-0.3, -0.25) is 23.8 Å². The fourth-order valence-corrected chi connectivity index (χ4v) is 7.52. The minimum absolute atomic E-state index is 0.0488. The number of halogens is 1. The number of hydrogen-bond acceptors (Lipinski definition) is 8. The summed E-state index contributed by atoms with van der Waals surface area (Å²) < 4.78 is 34.3. The lowest BCUT2D eigenvalue weighted by Gasteiger charge is -2.22. The lowest BCUT2D eigenvalue weighted by atomic mass is 9.97. The number of rotatable bonds is 22. The summed E-state index contributed by atoms with van der Waals surface area (Å²) in [6.07, 6.45) is 15.4. The van der Waals surface area contributed by atoms with Crippen LogP contribution in [0.3, 0.4) is 0 Å². The Morgan fingerprint density at radius 2 is 1.17 bits per heavy atom. The molecule has 0 radical (unpaired) electrons. The summed E-state index contributed by atoms with van der Waals surface area (Å²) in [5.74, 6) is 2.40. The third-order valence-corrected chi connectivity index (χ3v) is 10.2. The number of unbranched alkanes of at least 4 members (excludes halogenated alkanes) is 1. The van der Waals surface area contributed by atoms with Crippen LogP contribution in [0.15, 0.2) is 49.6 Å². The molecule has 0 saturated carbocycles. The molecule has 0 aromatic heterocycles. The van der Waals surface area contributed by atoms with Gasteiger partial charge in [-0.15, -0.1) is 13.2 Å². The Morgan fingerprint density at radius 3 is 1.54 bits per heavy atom. The molecule has 2 aliphatic heterocycles. The molecule has 9 heteroatoms. The summed E-state index contributed by atoms with van der Waals surface area (Å²) in [7, 11) is 6.32. The third-order valence-electron chi connectivity index (χ3n) is 10.2. The normalized spacial score (nSPS) is 17.3. The van der Waals surface area contributed by atoms with Crippen LogP contribution in [-0.4, -0.2) is 94.7 Å². The average molecular weight is 722 g/mol. The van der Waals surface area contributed by atoms with E-state index < -0.39 is 0 Å². The highest BCUT2D eigenvalue weighted by Gasteiger charge is 2.27. The van der Waals surface area contributed by atoms with Gasteiger partial charge in [0.15, 0.2) is 34.6 Å². The van der Waals surface area contributed by atoms with Crippen molar-refractivity contribution in [2.45, 2.75) is 102 Å². The van der Waals surface area contributed by atoms with Gasteiger partial charge in [-0.25, -0.2) is 0 Å². The number of likely N-dealkylation sites (tertiary alicyclic amines) is 2. The molecule has 2 heterocycles. The third kappa shape index (κ3) is 12.2. The number of nitrogens with zero attached hydrogens (tertiary/aromatic N) is 2. The van der Waals surface area contributed by atoms with Crippen LogP contribution >= 0.6 is 0 Å². The van der Waals surface area contributed by atoms with Gasteiger partial charge in [-0.1, -0.05) is 25.5 Å². The first-order valence-corrected chi connectivity index (χ1v) is 19.1. The molecule has 2 aromatic carbocycles. The summed E-state index contributed by atoms with van der Waals surface area (Å²) in [5.41, 5.74) is 3.24.